The summed E-state index contributed by atoms with van der Waals surface area (Å²) in [5, 5.41) is 14.0. The van der Waals surface area contributed by atoms with Crippen LogP contribution < -0.4 is 11.1 Å². The van der Waals surface area contributed by atoms with Gasteiger partial charge in [-0.25, -0.2) is 4.79 Å². The summed E-state index contributed by atoms with van der Waals surface area (Å²) in [6.07, 6.45) is 0. The zero-order valence-corrected chi connectivity index (χ0v) is 10.8. The molecule has 0 unspecified atom stereocenters. The van der Waals surface area contributed by atoms with E-state index in [1.54, 1.807) is 36.4 Å². The number of nitro benzene ring substituents is 1. The minimum absolute atomic E-state index is 0.0720. The number of fused-ring (bicyclic) bond motifs is 1. The van der Waals surface area contributed by atoms with Crippen molar-refractivity contribution in [2.24, 2.45) is 0 Å². The number of nitrogens with zero attached hydrogens (tertiary/aromatic N) is 1. The van der Waals surface area contributed by atoms with Crippen LogP contribution in [0.15, 0.2) is 51.7 Å². The van der Waals surface area contributed by atoms with Crippen LogP contribution in [0.4, 0.5) is 11.4 Å². The van der Waals surface area contributed by atoms with Crippen LogP contribution in [0.2, 0.25) is 0 Å². The first kappa shape index (κ1) is 12.9. The molecule has 0 spiro atoms. The Hall–Kier alpha value is -3.09. The summed E-state index contributed by atoms with van der Waals surface area (Å²) < 4.78 is 4.91. The van der Waals surface area contributed by atoms with Gasteiger partial charge in [0.05, 0.1) is 10.4 Å². The van der Waals surface area contributed by atoms with E-state index in [4.69, 9.17) is 4.42 Å². The number of nitrogens with one attached hydrogen (secondary N) is 2. The average molecular weight is 285 g/mol. The maximum atomic E-state index is 11.1. The molecule has 0 aliphatic carbocycles. The summed E-state index contributed by atoms with van der Waals surface area (Å²) in [5.41, 5.74) is 2.44. The fraction of sp³-hybridized carbons (Fsp3) is 0.0714. The van der Waals surface area contributed by atoms with Gasteiger partial charge in [0, 0.05) is 23.9 Å². The molecule has 21 heavy (non-hydrogen) atoms. The Labute approximate surface area is 118 Å². The molecule has 0 aliphatic rings. The van der Waals surface area contributed by atoms with E-state index < -0.39 is 10.7 Å². The number of oxazole rings is 1. The summed E-state index contributed by atoms with van der Waals surface area (Å²) >= 11 is 0. The van der Waals surface area contributed by atoms with Crippen molar-refractivity contribution in [1.29, 1.82) is 0 Å². The van der Waals surface area contributed by atoms with Gasteiger partial charge in [-0.1, -0.05) is 18.2 Å². The molecule has 0 saturated carbocycles. The number of hydrogen-bond acceptors (Lipinski definition) is 5. The zero-order valence-electron chi connectivity index (χ0n) is 10.8. The van der Waals surface area contributed by atoms with Gasteiger partial charge < -0.3 is 9.73 Å². The van der Waals surface area contributed by atoms with Crippen molar-refractivity contribution >= 4 is 22.5 Å². The van der Waals surface area contributed by atoms with Crippen LogP contribution in [-0.4, -0.2) is 9.91 Å². The van der Waals surface area contributed by atoms with Crippen molar-refractivity contribution in [2.75, 3.05) is 5.32 Å². The summed E-state index contributed by atoms with van der Waals surface area (Å²) in [5.74, 6) is -0.513. The number of para-hydroxylation sites is 1. The Kier molecular flexibility index (Phi) is 3.15. The smallest absolute Gasteiger partial charge is 0.408 e. The van der Waals surface area contributed by atoms with Gasteiger partial charge in [0.2, 0.25) is 0 Å². The highest BCUT2D eigenvalue weighted by Crippen LogP contribution is 2.21. The van der Waals surface area contributed by atoms with Crippen LogP contribution in [0.3, 0.4) is 0 Å². The number of H-pyrrole nitrogens is 1. The second-order valence-electron chi connectivity index (χ2n) is 4.46. The summed E-state index contributed by atoms with van der Waals surface area (Å²) in [6.45, 7) is 0.310. The third-order valence-corrected chi connectivity index (χ3v) is 3.09. The van der Waals surface area contributed by atoms with Crippen molar-refractivity contribution < 1.29 is 9.34 Å². The Morgan fingerprint density at radius 2 is 2.05 bits per heavy atom. The van der Waals surface area contributed by atoms with Crippen LogP contribution in [0, 0.1) is 10.1 Å². The van der Waals surface area contributed by atoms with E-state index in [0.717, 1.165) is 5.69 Å². The van der Waals surface area contributed by atoms with Gasteiger partial charge >= 0.3 is 5.76 Å². The van der Waals surface area contributed by atoms with Crippen LogP contribution in [-0.2, 0) is 6.54 Å². The first-order valence-corrected chi connectivity index (χ1v) is 6.22. The topological polar surface area (TPSA) is 101 Å². The van der Waals surface area contributed by atoms with Crippen LogP contribution >= 0.6 is 0 Å². The third-order valence-electron chi connectivity index (χ3n) is 3.09. The molecule has 0 bridgehead atoms. The van der Waals surface area contributed by atoms with Crippen molar-refractivity contribution in [1.82, 2.24) is 4.98 Å². The minimum Gasteiger partial charge on any atom is -0.408 e. The average Bonchev–Trinajstić information content (AvgIpc) is 2.84. The van der Waals surface area contributed by atoms with Crippen LogP contribution in [0.5, 0.6) is 0 Å². The molecule has 1 heterocycles. The molecule has 3 rings (SSSR count). The van der Waals surface area contributed by atoms with Gasteiger partial charge in [-0.05, 0) is 18.2 Å². The number of rotatable bonds is 4. The normalized spacial score (nSPS) is 10.7. The quantitative estimate of drug-likeness (QED) is 0.566. The molecule has 106 valence electrons. The molecule has 7 nitrogen and oxygen atoms in total. The fourth-order valence-corrected chi connectivity index (χ4v) is 2.10. The lowest BCUT2D eigenvalue weighted by molar-refractivity contribution is -0.385. The number of hydrogen-bond donors (Lipinski definition) is 2. The van der Waals surface area contributed by atoms with E-state index in [0.29, 0.717) is 23.2 Å². The van der Waals surface area contributed by atoms with Crippen molar-refractivity contribution in [2.45, 2.75) is 6.54 Å². The number of aromatic amines is 1. The van der Waals surface area contributed by atoms with Gasteiger partial charge in [0.25, 0.3) is 5.69 Å². The fourth-order valence-electron chi connectivity index (χ4n) is 2.10. The molecule has 0 atom stereocenters. The van der Waals surface area contributed by atoms with Crippen molar-refractivity contribution in [3.63, 3.8) is 0 Å². The molecule has 7 heteroatoms. The maximum absolute atomic E-state index is 11.1. The van der Waals surface area contributed by atoms with Crippen LogP contribution in [0.1, 0.15) is 5.56 Å². The summed E-state index contributed by atoms with van der Waals surface area (Å²) in [4.78, 5) is 24.2. The van der Waals surface area contributed by atoms with E-state index in [1.807, 2.05) is 0 Å². The van der Waals surface area contributed by atoms with E-state index in [1.165, 1.54) is 6.07 Å². The van der Waals surface area contributed by atoms with E-state index in [9.17, 15) is 14.9 Å². The predicted molar refractivity (Wildman–Crippen MR) is 77.3 cm³/mol. The number of anilines is 1. The molecule has 0 aliphatic heterocycles. The van der Waals surface area contributed by atoms with Crippen molar-refractivity contribution in [3.05, 3.63) is 68.7 Å². The molecule has 0 saturated heterocycles. The first-order valence-electron chi connectivity index (χ1n) is 6.22. The molecular formula is C14H11N3O4. The monoisotopic (exact) mass is 285 g/mol. The second-order valence-corrected chi connectivity index (χ2v) is 4.46. The van der Waals surface area contributed by atoms with Gasteiger partial charge in [-0.15, -0.1) is 0 Å². The molecule has 0 radical (unpaired) electrons. The summed E-state index contributed by atoms with van der Waals surface area (Å²) in [7, 11) is 0. The van der Waals surface area contributed by atoms with Crippen molar-refractivity contribution in [3.8, 4) is 0 Å². The third kappa shape index (κ3) is 2.62. The lowest BCUT2D eigenvalue weighted by Gasteiger charge is -2.06. The Bertz CT molecular complexity index is 866. The van der Waals surface area contributed by atoms with Gasteiger partial charge in [0.1, 0.15) is 0 Å². The predicted octanol–water partition coefficient (Wildman–Crippen LogP) is 2.64. The van der Waals surface area contributed by atoms with Gasteiger partial charge in [0.15, 0.2) is 5.58 Å². The first-order chi connectivity index (χ1) is 10.1. The number of nitro groups is 1. The zero-order chi connectivity index (χ0) is 14.8. The number of benzene rings is 2. The second kappa shape index (κ2) is 5.12. The highest BCUT2D eigenvalue weighted by atomic mass is 16.6. The SMILES string of the molecule is O=c1[nH]c2cc(NCc3ccccc3[N+](=O)[O-])ccc2o1. The Morgan fingerprint density at radius 1 is 1.24 bits per heavy atom. The number of aromatic nitrogens is 1. The largest absolute Gasteiger partial charge is 0.417 e. The summed E-state index contributed by atoms with van der Waals surface area (Å²) in [6, 6.07) is 11.7. The Balaban J connectivity index is 1.83. The molecule has 0 fully saturated rings. The molecular weight excluding hydrogens is 274 g/mol. The Morgan fingerprint density at radius 3 is 2.86 bits per heavy atom. The minimum atomic E-state index is -0.513. The van der Waals surface area contributed by atoms with Gasteiger partial charge in [-0.2, -0.15) is 0 Å². The molecule has 2 N–H and O–H groups in total. The molecule has 2 aromatic carbocycles. The van der Waals surface area contributed by atoms with E-state index in [2.05, 4.69) is 10.3 Å². The molecule has 0 amide bonds. The standard InChI is InChI=1S/C14H11N3O4/c18-14-16-11-7-10(5-6-13(11)21-14)15-8-9-3-1-2-4-12(9)17(19)20/h1-7,15H,8H2,(H,16,18). The lowest BCUT2D eigenvalue weighted by Crippen LogP contribution is -2.02. The van der Waals surface area contributed by atoms with E-state index >= 15 is 0 Å². The highest BCUT2D eigenvalue weighted by Gasteiger charge is 2.11. The molecule has 3 aromatic rings. The van der Waals surface area contributed by atoms with E-state index in [-0.39, 0.29) is 5.69 Å². The van der Waals surface area contributed by atoms with Gasteiger partial charge in [-0.3, -0.25) is 15.1 Å². The highest BCUT2D eigenvalue weighted by molar-refractivity contribution is 5.76. The maximum Gasteiger partial charge on any atom is 0.417 e. The van der Waals surface area contributed by atoms with Crippen LogP contribution in [0.25, 0.3) is 11.1 Å². The molecule has 1 aromatic heterocycles. The lowest BCUT2D eigenvalue weighted by atomic mass is 10.1.